The van der Waals surface area contributed by atoms with E-state index in [2.05, 4.69) is 16.8 Å². The maximum Gasteiger partial charge on any atom is 0.235 e. The number of methoxy groups -OCH3 is 2. The second kappa shape index (κ2) is 8.41. The Morgan fingerprint density at radius 1 is 1.03 bits per heavy atom. The van der Waals surface area contributed by atoms with Crippen LogP contribution in [0.1, 0.15) is 15.9 Å². The van der Waals surface area contributed by atoms with E-state index >= 15 is 0 Å². The number of pyridine rings is 1. The number of ether oxygens (including phenoxy) is 4. The van der Waals surface area contributed by atoms with Gasteiger partial charge in [0.2, 0.25) is 18.4 Å². The highest BCUT2D eigenvalue weighted by Gasteiger charge is 2.33. The van der Waals surface area contributed by atoms with Gasteiger partial charge in [0.1, 0.15) is 5.75 Å². The molecule has 0 fully saturated rings. The zero-order chi connectivity index (χ0) is 26.0. The number of nitrogens with zero attached hydrogens (tertiary/aromatic N) is 2. The van der Waals surface area contributed by atoms with Gasteiger partial charge in [0.05, 0.1) is 37.1 Å². The molecule has 2 aliphatic rings. The van der Waals surface area contributed by atoms with Gasteiger partial charge in [-0.05, 0) is 54.1 Å². The SMILES string of the molecule is COc1ccc2c(CC(=O)n3ccc4cc(O)ccc43)c3[n+](cc2c1OC)CCc1cc2c(cc1-3)OCO2. The normalized spacial score (nSPS) is 13.4. The minimum atomic E-state index is -0.0800. The first-order chi connectivity index (χ1) is 18.6. The van der Waals surface area contributed by atoms with Crippen LogP contribution in [0.2, 0.25) is 0 Å². The van der Waals surface area contributed by atoms with Crippen LogP contribution in [-0.4, -0.2) is 36.6 Å². The minimum absolute atomic E-state index is 0.0800. The van der Waals surface area contributed by atoms with Crippen molar-refractivity contribution < 1.29 is 33.4 Å². The van der Waals surface area contributed by atoms with E-state index in [-0.39, 0.29) is 24.9 Å². The number of phenolic OH excluding ortho intramolecular Hbond substituents is 1. The van der Waals surface area contributed by atoms with Gasteiger partial charge in [-0.15, -0.1) is 0 Å². The molecule has 3 aromatic carbocycles. The van der Waals surface area contributed by atoms with Crippen LogP contribution >= 0.6 is 0 Å². The first-order valence-corrected chi connectivity index (χ1v) is 12.4. The van der Waals surface area contributed by atoms with Gasteiger partial charge < -0.3 is 24.1 Å². The Hall–Kier alpha value is -4.72. The lowest BCUT2D eigenvalue weighted by molar-refractivity contribution is -0.686. The number of hydrogen-bond acceptors (Lipinski definition) is 6. The van der Waals surface area contributed by atoms with Crippen molar-refractivity contribution in [1.82, 2.24) is 4.57 Å². The van der Waals surface area contributed by atoms with Gasteiger partial charge in [-0.25, -0.2) is 0 Å². The molecule has 190 valence electrons. The van der Waals surface area contributed by atoms with E-state index in [1.165, 1.54) is 0 Å². The molecule has 2 aromatic heterocycles. The van der Waals surface area contributed by atoms with Crippen molar-refractivity contribution in [3.05, 3.63) is 72.1 Å². The molecule has 7 rings (SSSR count). The maximum atomic E-state index is 13.9. The molecular weight excluding hydrogens is 484 g/mol. The molecular formula is C30H25N2O6+. The van der Waals surface area contributed by atoms with Gasteiger partial charge >= 0.3 is 0 Å². The highest BCUT2D eigenvalue weighted by molar-refractivity contribution is 6.00. The van der Waals surface area contributed by atoms with Crippen molar-refractivity contribution in [2.45, 2.75) is 19.4 Å². The lowest BCUT2D eigenvalue weighted by Gasteiger charge is -2.21. The summed E-state index contributed by atoms with van der Waals surface area (Å²) < 4.78 is 26.6. The zero-order valence-electron chi connectivity index (χ0n) is 21.0. The van der Waals surface area contributed by atoms with E-state index in [0.717, 1.165) is 62.8 Å². The predicted octanol–water partition coefficient (Wildman–Crippen LogP) is 4.64. The molecule has 0 saturated carbocycles. The molecule has 0 radical (unpaired) electrons. The molecule has 8 nitrogen and oxygen atoms in total. The number of hydrogen-bond donors (Lipinski definition) is 1. The highest BCUT2D eigenvalue weighted by atomic mass is 16.7. The molecule has 38 heavy (non-hydrogen) atoms. The van der Waals surface area contributed by atoms with Gasteiger partial charge in [-0.2, -0.15) is 4.57 Å². The highest BCUT2D eigenvalue weighted by Crippen LogP contribution is 2.43. The number of aromatic nitrogens is 2. The summed E-state index contributed by atoms with van der Waals surface area (Å²) in [4.78, 5) is 13.9. The van der Waals surface area contributed by atoms with Crippen LogP contribution in [0.4, 0.5) is 0 Å². The number of aromatic hydroxyl groups is 1. The molecule has 0 unspecified atom stereocenters. The first-order valence-electron chi connectivity index (χ1n) is 12.4. The summed E-state index contributed by atoms with van der Waals surface area (Å²) in [6.07, 6.45) is 4.81. The quantitative estimate of drug-likeness (QED) is 0.356. The van der Waals surface area contributed by atoms with Crippen molar-refractivity contribution >= 4 is 27.6 Å². The van der Waals surface area contributed by atoms with E-state index < -0.39 is 0 Å². The number of rotatable bonds is 4. The molecule has 0 spiro atoms. The van der Waals surface area contributed by atoms with Gasteiger partial charge in [0, 0.05) is 29.0 Å². The average Bonchev–Trinajstić information content (AvgIpc) is 3.57. The Morgan fingerprint density at radius 3 is 2.68 bits per heavy atom. The van der Waals surface area contributed by atoms with Crippen LogP contribution in [0.3, 0.4) is 0 Å². The third kappa shape index (κ3) is 3.30. The van der Waals surface area contributed by atoms with Crippen LogP contribution in [0.25, 0.3) is 32.9 Å². The summed E-state index contributed by atoms with van der Waals surface area (Å²) in [7, 11) is 3.25. The molecule has 0 bridgehead atoms. The second-order valence-electron chi connectivity index (χ2n) is 9.52. The van der Waals surface area contributed by atoms with Gasteiger partial charge in [0.25, 0.3) is 0 Å². The molecule has 0 amide bonds. The fourth-order valence-corrected chi connectivity index (χ4v) is 5.77. The molecule has 2 aliphatic heterocycles. The number of carbonyl (C=O) groups is 1. The fourth-order valence-electron chi connectivity index (χ4n) is 5.77. The average molecular weight is 510 g/mol. The Bertz CT molecular complexity index is 1790. The van der Waals surface area contributed by atoms with Crippen LogP contribution in [-0.2, 0) is 19.4 Å². The molecule has 0 aliphatic carbocycles. The number of carbonyl (C=O) groups excluding carboxylic acids is 1. The molecule has 0 atom stereocenters. The number of fused-ring (bicyclic) bond motifs is 6. The van der Waals surface area contributed by atoms with Crippen LogP contribution in [0.5, 0.6) is 28.7 Å². The number of aryl methyl sites for hydroxylation is 2. The van der Waals surface area contributed by atoms with E-state index in [9.17, 15) is 9.90 Å². The molecule has 4 heterocycles. The monoisotopic (exact) mass is 509 g/mol. The van der Waals surface area contributed by atoms with Gasteiger partial charge in [-0.3, -0.25) is 9.36 Å². The summed E-state index contributed by atoms with van der Waals surface area (Å²) in [5, 5.41) is 12.5. The number of phenols is 1. The summed E-state index contributed by atoms with van der Waals surface area (Å²) in [5.41, 5.74) is 4.81. The van der Waals surface area contributed by atoms with E-state index in [1.54, 1.807) is 43.2 Å². The molecule has 1 N–H and O–H groups in total. The third-order valence-electron chi connectivity index (χ3n) is 7.51. The minimum Gasteiger partial charge on any atom is -0.508 e. The van der Waals surface area contributed by atoms with E-state index in [4.69, 9.17) is 18.9 Å². The Kier molecular flexibility index (Phi) is 4.97. The topological polar surface area (TPSA) is 83.0 Å². The molecule has 8 heteroatoms. The van der Waals surface area contributed by atoms with Crippen molar-refractivity contribution in [3.63, 3.8) is 0 Å². The maximum absolute atomic E-state index is 13.9. The Morgan fingerprint density at radius 2 is 1.87 bits per heavy atom. The summed E-state index contributed by atoms with van der Waals surface area (Å²) >= 11 is 0. The van der Waals surface area contributed by atoms with Crippen molar-refractivity contribution in [2.75, 3.05) is 21.0 Å². The molecule has 5 aromatic rings. The number of benzene rings is 3. The second-order valence-corrected chi connectivity index (χ2v) is 9.52. The van der Waals surface area contributed by atoms with Crippen molar-refractivity contribution in [2.24, 2.45) is 0 Å². The van der Waals surface area contributed by atoms with E-state index in [1.807, 2.05) is 24.3 Å². The van der Waals surface area contributed by atoms with Crippen LogP contribution in [0, 0.1) is 0 Å². The zero-order valence-corrected chi connectivity index (χ0v) is 21.0. The van der Waals surface area contributed by atoms with Crippen LogP contribution < -0.4 is 23.5 Å². The van der Waals surface area contributed by atoms with Gasteiger partial charge in [0.15, 0.2) is 35.7 Å². The molecule has 0 saturated heterocycles. The summed E-state index contributed by atoms with van der Waals surface area (Å²) in [6.45, 7) is 0.944. The standard InChI is InChI=1S/C30H24N2O6/c1-35-25-6-4-20-22(14-28(34)32-10-8-18-11-19(33)3-5-24(18)32)29-21-13-27-26(37-16-38-27)12-17(21)7-9-31(29)15-23(20)30(25)36-2/h3-6,8,10-13,15H,7,9,14,16H2,1-2H3/p+1. The smallest absolute Gasteiger partial charge is 0.235 e. The lowest BCUT2D eigenvalue weighted by atomic mass is 9.89. The van der Waals surface area contributed by atoms with Crippen LogP contribution in [0.15, 0.2) is 60.9 Å². The first kappa shape index (κ1) is 22.5. The van der Waals surface area contributed by atoms with Crippen molar-refractivity contribution in [3.8, 4) is 40.0 Å². The van der Waals surface area contributed by atoms with Gasteiger partial charge in [-0.1, -0.05) is 0 Å². The fraction of sp³-hybridized carbons (Fsp3) is 0.200. The largest absolute Gasteiger partial charge is 0.508 e. The van der Waals surface area contributed by atoms with Crippen molar-refractivity contribution in [1.29, 1.82) is 0 Å². The predicted molar refractivity (Wildman–Crippen MR) is 140 cm³/mol. The summed E-state index contributed by atoms with van der Waals surface area (Å²) in [6, 6.07) is 14.8. The lowest BCUT2D eigenvalue weighted by Crippen LogP contribution is -2.41. The van der Waals surface area contributed by atoms with E-state index in [0.29, 0.717) is 17.2 Å². The Balaban J connectivity index is 1.47. The Labute approximate surface area is 218 Å². The third-order valence-corrected chi connectivity index (χ3v) is 7.51. The summed E-state index contributed by atoms with van der Waals surface area (Å²) in [5.74, 6) is 2.81.